The predicted molar refractivity (Wildman–Crippen MR) is 91.5 cm³/mol. The molecule has 0 spiro atoms. The van der Waals surface area contributed by atoms with Crippen LogP contribution in [0.25, 0.3) is 0 Å². The molecule has 0 N–H and O–H groups in total. The van der Waals surface area contributed by atoms with Crippen molar-refractivity contribution < 1.29 is 4.74 Å². The number of benzene rings is 1. The van der Waals surface area contributed by atoms with E-state index in [0.717, 1.165) is 31.9 Å². The van der Waals surface area contributed by atoms with Crippen LogP contribution in [-0.2, 0) is 11.2 Å². The number of hydrogen-bond acceptors (Lipinski definition) is 3. The lowest BCUT2D eigenvalue weighted by Crippen LogP contribution is -2.39. The SMILES string of the molecule is Cc1cc([C@@H]2c3ccccc3CCCN2[C@H]2CCOC2)ccn1. The second kappa shape index (κ2) is 6.42. The Kier molecular flexibility index (Phi) is 4.15. The smallest absolute Gasteiger partial charge is 0.0623 e. The molecule has 0 radical (unpaired) electrons. The van der Waals surface area contributed by atoms with Crippen LogP contribution in [-0.4, -0.2) is 35.7 Å². The summed E-state index contributed by atoms with van der Waals surface area (Å²) in [6.07, 6.45) is 5.47. The summed E-state index contributed by atoms with van der Waals surface area (Å²) in [6, 6.07) is 14.2. The first-order valence-corrected chi connectivity index (χ1v) is 8.67. The molecular formula is C20H24N2O. The number of aryl methyl sites for hydroxylation is 2. The Bertz CT molecular complexity index is 679. The molecule has 0 unspecified atom stereocenters. The number of rotatable bonds is 2. The van der Waals surface area contributed by atoms with Crippen molar-refractivity contribution in [2.45, 2.75) is 38.3 Å². The van der Waals surface area contributed by atoms with Crippen molar-refractivity contribution in [3.8, 4) is 0 Å². The average molecular weight is 308 g/mol. The third-order valence-electron chi connectivity index (χ3n) is 5.15. The van der Waals surface area contributed by atoms with Crippen LogP contribution in [0.2, 0.25) is 0 Å². The van der Waals surface area contributed by atoms with Gasteiger partial charge in [0.15, 0.2) is 0 Å². The maximum absolute atomic E-state index is 5.69. The Labute approximate surface area is 138 Å². The second-order valence-corrected chi connectivity index (χ2v) is 6.69. The topological polar surface area (TPSA) is 25.4 Å². The third-order valence-corrected chi connectivity index (χ3v) is 5.15. The van der Waals surface area contributed by atoms with E-state index in [1.165, 1.54) is 29.5 Å². The van der Waals surface area contributed by atoms with E-state index in [-0.39, 0.29) is 0 Å². The lowest BCUT2D eigenvalue weighted by molar-refractivity contribution is 0.123. The first kappa shape index (κ1) is 14.9. The quantitative estimate of drug-likeness (QED) is 0.849. The fraction of sp³-hybridized carbons (Fsp3) is 0.450. The summed E-state index contributed by atoms with van der Waals surface area (Å²) in [4.78, 5) is 7.07. The van der Waals surface area contributed by atoms with Crippen LogP contribution in [0.15, 0.2) is 42.6 Å². The number of aromatic nitrogens is 1. The van der Waals surface area contributed by atoms with Crippen molar-refractivity contribution in [3.05, 3.63) is 65.0 Å². The molecule has 0 saturated carbocycles. The molecule has 23 heavy (non-hydrogen) atoms. The summed E-state index contributed by atoms with van der Waals surface area (Å²) in [5, 5.41) is 0. The van der Waals surface area contributed by atoms with Gasteiger partial charge in [-0.15, -0.1) is 0 Å². The fourth-order valence-electron chi connectivity index (χ4n) is 4.07. The minimum Gasteiger partial charge on any atom is -0.380 e. The van der Waals surface area contributed by atoms with Gasteiger partial charge < -0.3 is 4.74 Å². The van der Waals surface area contributed by atoms with Gasteiger partial charge in [0.2, 0.25) is 0 Å². The molecule has 0 bridgehead atoms. The zero-order chi connectivity index (χ0) is 15.6. The van der Waals surface area contributed by atoms with Crippen LogP contribution in [0.5, 0.6) is 0 Å². The van der Waals surface area contributed by atoms with Crippen molar-refractivity contribution >= 4 is 0 Å². The van der Waals surface area contributed by atoms with Gasteiger partial charge in [-0.1, -0.05) is 24.3 Å². The first-order valence-electron chi connectivity index (χ1n) is 8.67. The van der Waals surface area contributed by atoms with Crippen molar-refractivity contribution in [1.82, 2.24) is 9.88 Å². The number of fused-ring (bicyclic) bond motifs is 1. The summed E-state index contributed by atoms with van der Waals surface area (Å²) >= 11 is 0. The number of pyridine rings is 1. The van der Waals surface area contributed by atoms with E-state index in [0.29, 0.717) is 12.1 Å². The van der Waals surface area contributed by atoms with Crippen LogP contribution in [0, 0.1) is 6.92 Å². The standard InChI is InChI=1S/C20H24N2O/c1-15-13-17(8-10-21-15)20-19-7-3-2-5-16(19)6-4-11-22(20)18-9-12-23-14-18/h2-3,5,7-8,10,13,18,20H,4,6,9,11-12,14H2,1H3/t18-,20+/m0/s1. The van der Waals surface area contributed by atoms with Gasteiger partial charge in [-0.2, -0.15) is 0 Å². The Balaban J connectivity index is 1.82. The van der Waals surface area contributed by atoms with Crippen LogP contribution in [0.3, 0.4) is 0 Å². The van der Waals surface area contributed by atoms with Crippen LogP contribution >= 0.6 is 0 Å². The summed E-state index contributed by atoms with van der Waals surface area (Å²) in [7, 11) is 0. The molecule has 1 saturated heterocycles. The molecule has 3 heterocycles. The Morgan fingerprint density at radius 3 is 2.96 bits per heavy atom. The fourth-order valence-corrected chi connectivity index (χ4v) is 4.07. The van der Waals surface area contributed by atoms with E-state index >= 15 is 0 Å². The largest absolute Gasteiger partial charge is 0.380 e. The number of nitrogens with zero attached hydrogens (tertiary/aromatic N) is 2. The highest BCUT2D eigenvalue weighted by atomic mass is 16.5. The lowest BCUT2D eigenvalue weighted by atomic mass is 9.92. The molecule has 2 aliphatic heterocycles. The van der Waals surface area contributed by atoms with Gasteiger partial charge >= 0.3 is 0 Å². The lowest BCUT2D eigenvalue weighted by Gasteiger charge is -2.35. The van der Waals surface area contributed by atoms with Gasteiger partial charge in [-0.3, -0.25) is 9.88 Å². The predicted octanol–water partition coefficient (Wildman–Crippen LogP) is 3.52. The molecule has 3 heteroatoms. The normalized spacial score (nSPS) is 25.1. The monoisotopic (exact) mass is 308 g/mol. The Morgan fingerprint density at radius 2 is 2.13 bits per heavy atom. The highest BCUT2D eigenvalue weighted by molar-refractivity contribution is 5.39. The molecule has 120 valence electrons. The van der Waals surface area contributed by atoms with Crippen molar-refractivity contribution in [1.29, 1.82) is 0 Å². The average Bonchev–Trinajstić information content (AvgIpc) is 3.02. The summed E-state index contributed by atoms with van der Waals surface area (Å²) in [6.45, 7) is 4.97. The molecule has 3 nitrogen and oxygen atoms in total. The van der Waals surface area contributed by atoms with Gasteiger partial charge in [0, 0.05) is 24.5 Å². The molecule has 1 aromatic carbocycles. The van der Waals surface area contributed by atoms with E-state index in [4.69, 9.17) is 4.74 Å². The highest BCUT2D eigenvalue weighted by Gasteiger charge is 2.33. The van der Waals surface area contributed by atoms with E-state index in [1.807, 2.05) is 6.20 Å². The minimum atomic E-state index is 0.321. The third kappa shape index (κ3) is 2.91. The van der Waals surface area contributed by atoms with Gasteiger partial charge in [-0.25, -0.2) is 0 Å². The van der Waals surface area contributed by atoms with Crippen LogP contribution < -0.4 is 0 Å². The molecule has 1 fully saturated rings. The summed E-state index contributed by atoms with van der Waals surface area (Å²) < 4.78 is 5.69. The maximum Gasteiger partial charge on any atom is 0.0623 e. The number of ether oxygens (including phenoxy) is 1. The molecule has 2 aliphatic rings. The molecule has 4 rings (SSSR count). The van der Waals surface area contributed by atoms with Crippen LogP contribution in [0.4, 0.5) is 0 Å². The van der Waals surface area contributed by atoms with Gasteiger partial charge in [-0.05, 0) is 61.6 Å². The zero-order valence-electron chi connectivity index (χ0n) is 13.7. The van der Waals surface area contributed by atoms with Crippen LogP contribution in [0.1, 0.15) is 41.3 Å². The molecule has 2 atom stereocenters. The molecular weight excluding hydrogens is 284 g/mol. The van der Waals surface area contributed by atoms with Crippen molar-refractivity contribution in [2.75, 3.05) is 19.8 Å². The van der Waals surface area contributed by atoms with Crippen molar-refractivity contribution in [3.63, 3.8) is 0 Å². The van der Waals surface area contributed by atoms with Crippen molar-refractivity contribution in [2.24, 2.45) is 0 Å². The maximum atomic E-state index is 5.69. The Hall–Kier alpha value is -1.71. The van der Waals surface area contributed by atoms with Gasteiger partial charge in [0.05, 0.1) is 12.6 Å². The minimum absolute atomic E-state index is 0.321. The molecule has 2 aromatic rings. The zero-order valence-corrected chi connectivity index (χ0v) is 13.7. The first-order chi connectivity index (χ1) is 11.3. The molecule has 0 amide bonds. The van der Waals surface area contributed by atoms with E-state index < -0.39 is 0 Å². The van der Waals surface area contributed by atoms with E-state index in [1.54, 1.807) is 0 Å². The molecule has 0 aliphatic carbocycles. The van der Waals surface area contributed by atoms with Gasteiger partial charge in [0.25, 0.3) is 0 Å². The van der Waals surface area contributed by atoms with Gasteiger partial charge in [0.1, 0.15) is 0 Å². The number of hydrogen-bond donors (Lipinski definition) is 0. The highest BCUT2D eigenvalue weighted by Crippen LogP contribution is 2.37. The Morgan fingerprint density at radius 1 is 1.22 bits per heavy atom. The summed E-state index contributed by atoms with van der Waals surface area (Å²) in [5.74, 6) is 0. The molecule has 1 aromatic heterocycles. The van der Waals surface area contributed by atoms with E-state index in [9.17, 15) is 0 Å². The van der Waals surface area contributed by atoms with E-state index in [2.05, 4.69) is 53.2 Å². The summed E-state index contributed by atoms with van der Waals surface area (Å²) in [5.41, 5.74) is 5.40. The second-order valence-electron chi connectivity index (χ2n) is 6.69.